The highest BCUT2D eigenvalue weighted by atomic mass is 16.7. The Balaban J connectivity index is 1.69. The summed E-state index contributed by atoms with van der Waals surface area (Å²) in [5, 5.41) is 70.6. The molecule has 14 nitrogen and oxygen atoms in total. The van der Waals surface area contributed by atoms with Gasteiger partial charge >= 0.3 is 5.97 Å². The maximum absolute atomic E-state index is 11.6. The molecular weight excluding hydrogens is 620 g/mol. The molecule has 0 aromatic rings. The van der Waals surface area contributed by atoms with E-state index in [9.17, 15) is 40.5 Å². The molecule has 2 aliphatic heterocycles. The fourth-order valence-corrected chi connectivity index (χ4v) is 5.20. The Hall–Kier alpha value is -1.53. The zero-order valence-corrected chi connectivity index (χ0v) is 27.8. The zero-order valence-electron chi connectivity index (χ0n) is 27.8. The quantitative estimate of drug-likeness (QED) is 0.0448. The molecule has 0 spiro atoms. The molecule has 2 aliphatic rings. The smallest absolute Gasteiger partial charge is 0.303 e. The number of hydrogen-bond acceptors (Lipinski definition) is 14. The van der Waals surface area contributed by atoms with E-state index in [1.165, 1.54) is 26.2 Å². The maximum atomic E-state index is 11.6. The lowest BCUT2D eigenvalue weighted by atomic mass is 9.98. The number of aliphatic hydroxyl groups is 7. The largest absolute Gasteiger partial charge is 0.458 e. The molecule has 0 aliphatic carbocycles. The number of rotatable bonds is 23. The van der Waals surface area contributed by atoms with Gasteiger partial charge in [-0.05, 0) is 32.1 Å². The van der Waals surface area contributed by atoms with E-state index >= 15 is 0 Å². The number of aliphatic hydroxyl groups excluding tert-OH is 7. The predicted molar refractivity (Wildman–Crippen MR) is 169 cm³/mol. The minimum absolute atomic E-state index is 0.0389. The molecule has 0 aromatic heterocycles. The fourth-order valence-electron chi connectivity index (χ4n) is 5.20. The summed E-state index contributed by atoms with van der Waals surface area (Å²) in [4.78, 5) is 11.6. The molecule has 0 bridgehead atoms. The average Bonchev–Trinajstić information content (AvgIpc) is 3.05. The number of allylic oxidation sites excluding steroid dienone is 4. The van der Waals surface area contributed by atoms with Crippen LogP contribution in [-0.2, 0) is 33.2 Å². The van der Waals surface area contributed by atoms with Gasteiger partial charge in [-0.1, -0.05) is 63.3 Å². The lowest BCUT2D eigenvalue weighted by Gasteiger charge is -2.42. The summed E-state index contributed by atoms with van der Waals surface area (Å²) in [6.45, 7) is 2.54. The average molecular weight is 679 g/mol. The first-order valence-electron chi connectivity index (χ1n) is 16.9. The van der Waals surface area contributed by atoms with Crippen LogP contribution in [0.4, 0.5) is 0 Å². The van der Waals surface area contributed by atoms with Crippen molar-refractivity contribution in [3.05, 3.63) is 24.3 Å². The second-order valence-electron chi connectivity index (χ2n) is 12.1. The molecule has 0 saturated carbocycles. The molecule has 274 valence electrons. The van der Waals surface area contributed by atoms with Crippen LogP contribution in [0.25, 0.3) is 0 Å². The monoisotopic (exact) mass is 678 g/mol. The van der Waals surface area contributed by atoms with E-state index in [0.717, 1.165) is 44.9 Å². The van der Waals surface area contributed by atoms with Crippen molar-refractivity contribution in [1.29, 1.82) is 0 Å². The highest BCUT2D eigenvalue weighted by molar-refractivity contribution is 5.66. The van der Waals surface area contributed by atoms with Crippen LogP contribution in [0.15, 0.2) is 24.3 Å². The summed E-state index contributed by atoms with van der Waals surface area (Å²) >= 11 is 0. The van der Waals surface area contributed by atoms with Crippen molar-refractivity contribution in [2.24, 2.45) is 0 Å². The van der Waals surface area contributed by atoms with Crippen LogP contribution in [-0.4, -0.2) is 142 Å². The minimum atomic E-state index is -1.70. The van der Waals surface area contributed by atoms with Crippen molar-refractivity contribution in [2.75, 3.05) is 33.0 Å². The third-order valence-corrected chi connectivity index (χ3v) is 7.99. The van der Waals surface area contributed by atoms with E-state index in [2.05, 4.69) is 31.2 Å². The summed E-state index contributed by atoms with van der Waals surface area (Å²) in [5.41, 5.74) is 0. The van der Waals surface area contributed by atoms with Gasteiger partial charge in [0.15, 0.2) is 12.6 Å². The van der Waals surface area contributed by atoms with Crippen molar-refractivity contribution in [3.63, 3.8) is 0 Å². The molecule has 0 aromatic carbocycles. The van der Waals surface area contributed by atoms with Crippen LogP contribution in [0.2, 0.25) is 0 Å². The first kappa shape index (κ1) is 41.6. The van der Waals surface area contributed by atoms with E-state index in [1.807, 2.05) is 0 Å². The summed E-state index contributed by atoms with van der Waals surface area (Å²) in [5.74, 6) is -0.559. The molecule has 2 rings (SSSR count). The lowest BCUT2D eigenvalue weighted by Crippen LogP contribution is -2.61. The molecular formula is C33H58O14. The van der Waals surface area contributed by atoms with Crippen LogP contribution in [0.5, 0.6) is 0 Å². The third-order valence-electron chi connectivity index (χ3n) is 7.99. The van der Waals surface area contributed by atoms with Crippen molar-refractivity contribution in [2.45, 2.75) is 146 Å². The topological polar surface area (TPSA) is 214 Å². The number of hydrogen-bond donors (Lipinski definition) is 7. The number of ether oxygens (including phenoxy) is 6. The van der Waals surface area contributed by atoms with E-state index in [1.54, 1.807) is 0 Å². The molecule has 14 heteroatoms. The normalized spacial score (nSPS) is 32.3. The van der Waals surface area contributed by atoms with E-state index in [-0.39, 0.29) is 13.2 Å². The van der Waals surface area contributed by atoms with Gasteiger partial charge in [0.05, 0.1) is 26.4 Å². The lowest BCUT2D eigenvalue weighted by molar-refractivity contribution is -0.332. The van der Waals surface area contributed by atoms with Crippen molar-refractivity contribution in [3.8, 4) is 0 Å². The van der Waals surface area contributed by atoms with Crippen molar-refractivity contribution >= 4 is 5.97 Å². The Labute approximate surface area is 277 Å². The van der Waals surface area contributed by atoms with Gasteiger partial charge in [-0.25, -0.2) is 0 Å². The first-order valence-corrected chi connectivity index (χ1v) is 16.9. The predicted octanol–water partition coefficient (Wildman–Crippen LogP) is 0.609. The Kier molecular flexibility index (Phi) is 21.1. The van der Waals surface area contributed by atoms with Crippen LogP contribution in [0.3, 0.4) is 0 Å². The van der Waals surface area contributed by atoms with Gasteiger partial charge in [-0.15, -0.1) is 0 Å². The molecule has 0 amide bonds. The summed E-state index contributed by atoms with van der Waals surface area (Å²) in [6.07, 6.45) is 3.67. The fraction of sp³-hybridized carbons (Fsp3) is 0.848. The number of carbonyl (C=O) groups is 1. The van der Waals surface area contributed by atoms with Gasteiger partial charge in [0.1, 0.15) is 54.9 Å². The van der Waals surface area contributed by atoms with E-state index in [0.29, 0.717) is 6.61 Å². The van der Waals surface area contributed by atoms with Gasteiger partial charge in [-0.2, -0.15) is 0 Å². The highest BCUT2D eigenvalue weighted by Gasteiger charge is 2.47. The van der Waals surface area contributed by atoms with Crippen molar-refractivity contribution in [1.82, 2.24) is 0 Å². The molecule has 2 saturated heterocycles. The SMILES string of the molecule is CCC/C=C\C/C=C\CCCCCCCCOCC(COC1OC(COC2OC(CO)C(O)C(O)C2O)C(O)C(O)C1O)OC(C)=O. The molecule has 0 radical (unpaired) electrons. The Morgan fingerprint density at radius 2 is 1.28 bits per heavy atom. The minimum Gasteiger partial charge on any atom is -0.458 e. The summed E-state index contributed by atoms with van der Waals surface area (Å²) in [7, 11) is 0. The van der Waals surface area contributed by atoms with E-state index in [4.69, 9.17) is 28.4 Å². The van der Waals surface area contributed by atoms with Gasteiger partial charge in [0.25, 0.3) is 0 Å². The van der Waals surface area contributed by atoms with Crippen LogP contribution < -0.4 is 0 Å². The summed E-state index contributed by atoms with van der Waals surface area (Å²) < 4.78 is 32.9. The zero-order chi connectivity index (χ0) is 34.6. The van der Waals surface area contributed by atoms with Gasteiger partial charge < -0.3 is 64.2 Å². The molecule has 2 fully saturated rings. The first-order chi connectivity index (χ1) is 22.6. The van der Waals surface area contributed by atoms with E-state index < -0.39 is 86.7 Å². The second-order valence-corrected chi connectivity index (χ2v) is 12.1. The second kappa shape index (κ2) is 23.8. The number of unbranched alkanes of at least 4 members (excludes halogenated alkanes) is 7. The highest BCUT2D eigenvalue weighted by Crippen LogP contribution is 2.26. The summed E-state index contributed by atoms with van der Waals surface area (Å²) in [6, 6.07) is 0. The van der Waals surface area contributed by atoms with Gasteiger partial charge in [0.2, 0.25) is 0 Å². The molecule has 47 heavy (non-hydrogen) atoms. The van der Waals surface area contributed by atoms with Crippen molar-refractivity contribution < 1.29 is 69.0 Å². The van der Waals surface area contributed by atoms with Crippen LogP contribution in [0.1, 0.15) is 78.1 Å². The Morgan fingerprint density at radius 3 is 1.91 bits per heavy atom. The maximum Gasteiger partial charge on any atom is 0.303 e. The molecule has 11 unspecified atom stereocenters. The van der Waals surface area contributed by atoms with Gasteiger partial charge in [-0.3, -0.25) is 4.79 Å². The molecule has 2 heterocycles. The Morgan fingerprint density at radius 1 is 0.702 bits per heavy atom. The Bertz CT molecular complexity index is 885. The standard InChI is InChI=1S/C33H58O14/c1-3-4-5-6-7-8-9-10-11-12-13-14-15-16-17-42-19-23(45-22(2)35)20-43-32-31(41)29(39)27(37)25(47-32)21-44-33-30(40)28(38)26(36)24(18-34)46-33/h5-6,8-9,23-34,36-41H,3-4,7,10-21H2,1-2H3/b6-5-,9-8-. The number of esters is 1. The van der Waals surface area contributed by atoms with Crippen LogP contribution >= 0.6 is 0 Å². The molecule has 7 N–H and O–H groups in total. The van der Waals surface area contributed by atoms with Crippen LogP contribution in [0, 0.1) is 0 Å². The molecule has 11 atom stereocenters. The third kappa shape index (κ3) is 15.3. The number of carbonyl (C=O) groups excluding carboxylic acids is 1. The van der Waals surface area contributed by atoms with Gasteiger partial charge in [0, 0.05) is 13.5 Å².